The third kappa shape index (κ3) is 4.63. The van der Waals surface area contributed by atoms with Crippen LogP contribution in [0.4, 0.5) is 5.82 Å². The highest BCUT2D eigenvalue weighted by molar-refractivity contribution is 6.00. The van der Waals surface area contributed by atoms with Gasteiger partial charge in [-0.2, -0.15) is 0 Å². The molecule has 5 nitrogen and oxygen atoms in total. The zero-order chi connectivity index (χ0) is 18.5. The molecule has 2 N–H and O–H groups in total. The van der Waals surface area contributed by atoms with Gasteiger partial charge in [0.1, 0.15) is 11.6 Å². The fraction of sp³-hybridized carbons (Fsp3) is 0.333. The van der Waals surface area contributed by atoms with Crippen molar-refractivity contribution in [2.75, 3.05) is 25.5 Å². The third-order valence-corrected chi connectivity index (χ3v) is 4.36. The van der Waals surface area contributed by atoms with Crippen molar-refractivity contribution in [1.82, 2.24) is 10.3 Å². The highest BCUT2D eigenvalue weighted by Gasteiger charge is 2.22. The molecule has 1 aromatic carbocycles. The molecule has 1 heterocycles. The van der Waals surface area contributed by atoms with E-state index < -0.39 is 0 Å². The lowest BCUT2D eigenvalue weighted by atomic mass is 10.0. The number of nitrogens with zero attached hydrogens (tertiary/aromatic N) is 1. The van der Waals surface area contributed by atoms with Crippen molar-refractivity contribution in [2.45, 2.75) is 19.8 Å². The maximum Gasteiger partial charge on any atom is 0.255 e. The normalized spacial score (nSPS) is 13.2. The summed E-state index contributed by atoms with van der Waals surface area (Å²) in [5, 5.41) is 6.23. The molecule has 3 rings (SSSR count). The molecule has 1 saturated carbocycles. The standard InChI is InChI=1S/C21H25N3O2/c1-14(2)11-24-21(25)19-10-17(16-6-8-18(26-3)9-7-16)13-23-20(19)22-12-15-4-5-15/h6-10,13,15H,1,4-5,11-12H2,2-3H3,(H,22,23)(H,24,25). The number of pyridine rings is 1. The second kappa shape index (κ2) is 8.04. The predicted molar refractivity (Wildman–Crippen MR) is 105 cm³/mol. The van der Waals surface area contributed by atoms with E-state index in [4.69, 9.17) is 4.74 Å². The third-order valence-electron chi connectivity index (χ3n) is 4.36. The Labute approximate surface area is 154 Å². The van der Waals surface area contributed by atoms with E-state index in [1.54, 1.807) is 13.3 Å². The summed E-state index contributed by atoms with van der Waals surface area (Å²) in [5.41, 5.74) is 3.34. The van der Waals surface area contributed by atoms with Crippen molar-refractivity contribution in [2.24, 2.45) is 5.92 Å². The Morgan fingerprint density at radius 1 is 1.27 bits per heavy atom. The van der Waals surface area contributed by atoms with Crippen molar-refractivity contribution in [1.29, 1.82) is 0 Å². The van der Waals surface area contributed by atoms with Gasteiger partial charge in [0.15, 0.2) is 0 Å². The van der Waals surface area contributed by atoms with E-state index in [-0.39, 0.29) is 5.91 Å². The molecule has 0 spiro atoms. The Morgan fingerprint density at radius 3 is 2.62 bits per heavy atom. The smallest absolute Gasteiger partial charge is 0.255 e. The maximum absolute atomic E-state index is 12.7. The number of aromatic nitrogens is 1. The topological polar surface area (TPSA) is 63.2 Å². The summed E-state index contributed by atoms with van der Waals surface area (Å²) in [4.78, 5) is 17.2. The molecular formula is C21H25N3O2. The van der Waals surface area contributed by atoms with Crippen LogP contribution in [0.1, 0.15) is 30.1 Å². The first kappa shape index (κ1) is 18.0. The van der Waals surface area contributed by atoms with Gasteiger partial charge in [-0.05, 0) is 49.4 Å². The summed E-state index contributed by atoms with van der Waals surface area (Å²) >= 11 is 0. The van der Waals surface area contributed by atoms with E-state index in [1.165, 1.54) is 12.8 Å². The van der Waals surface area contributed by atoms with Crippen LogP contribution in [0.5, 0.6) is 5.75 Å². The molecule has 0 aliphatic heterocycles. The van der Waals surface area contributed by atoms with Gasteiger partial charge >= 0.3 is 0 Å². The van der Waals surface area contributed by atoms with E-state index in [1.807, 2.05) is 37.3 Å². The van der Waals surface area contributed by atoms with Gasteiger partial charge < -0.3 is 15.4 Å². The number of amides is 1. The average molecular weight is 351 g/mol. The summed E-state index contributed by atoms with van der Waals surface area (Å²) in [5.74, 6) is 1.98. The molecular weight excluding hydrogens is 326 g/mol. The largest absolute Gasteiger partial charge is 0.497 e. The van der Waals surface area contributed by atoms with Crippen LogP contribution in [0.15, 0.2) is 48.7 Å². The minimum absolute atomic E-state index is 0.144. The number of rotatable bonds is 8. The molecule has 0 radical (unpaired) electrons. The monoisotopic (exact) mass is 351 g/mol. The van der Waals surface area contributed by atoms with Gasteiger partial charge in [-0.3, -0.25) is 4.79 Å². The summed E-state index contributed by atoms with van der Waals surface area (Å²) < 4.78 is 5.20. The molecule has 1 amide bonds. The molecule has 1 aliphatic rings. The Kier molecular flexibility index (Phi) is 5.56. The number of hydrogen-bond acceptors (Lipinski definition) is 4. The van der Waals surface area contributed by atoms with Crippen LogP contribution in [-0.2, 0) is 0 Å². The first-order valence-electron chi connectivity index (χ1n) is 8.87. The molecule has 0 atom stereocenters. The Morgan fingerprint density at radius 2 is 2.00 bits per heavy atom. The first-order chi connectivity index (χ1) is 12.6. The van der Waals surface area contributed by atoms with E-state index >= 15 is 0 Å². The lowest BCUT2D eigenvalue weighted by molar-refractivity contribution is 0.0957. The Hall–Kier alpha value is -2.82. The van der Waals surface area contributed by atoms with Gasteiger partial charge in [0, 0.05) is 24.8 Å². The number of benzene rings is 1. The molecule has 0 saturated heterocycles. The number of carbonyl (C=O) groups is 1. The van der Waals surface area contributed by atoms with E-state index in [2.05, 4.69) is 22.2 Å². The fourth-order valence-electron chi connectivity index (χ4n) is 2.61. The maximum atomic E-state index is 12.7. The lowest BCUT2D eigenvalue weighted by Crippen LogP contribution is -2.26. The highest BCUT2D eigenvalue weighted by Crippen LogP contribution is 2.30. The average Bonchev–Trinajstić information content (AvgIpc) is 3.49. The number of anilines is 1. The van der Waals surface area contributed by atoms with E-state index in [9.17, 15) is 4.79 Å². The minimum atomic E-state index is -0.144. The van der Waals surface area contributed by atoms with Crippen molar-refractivity contribution >= 4 is 11.7 Å². The Balaban J connectivity index is 1.86. The molecule has 1 aliphatic carbocycles. The van der Waals surface area contributed by atoms with Crippen LogP contribution in [-0.4, -0.2) is 31.1 Å². The quantitative estimate of drug-likeness (QED) is 0.709. The summed E-state index contributed by atoms with van der Waals surface area (Å²) in [6, 6.07) is 9.61. The lowest BCUT2D eigenvalue weighted by Gasteiger charge is -2.13. The highest BCUT2D eigenvalue weighted by atomic mass is 16.5. The fourth-order valence-corrected chi connectivity index (χ4v) is 2.61. The van der Waals surface area contributed by atoms with Gasteiger partial charge in [-0.1, -0.05) is 24.3 Å². The molecule has 26 heavy (non-hydrogen) atoms. The van der Waals surface area contributed by atoms with Crippen molar-refractivity contribution < 1.29 is 9.53 Å². The van der Waals surface area contributed by atoms with Gasteiger partial charge in [-0.25, -0.2) is 4.98 Å². The van der Waals surface area contributed by atoms with Crippen LogP contribution in [0.2, 0.25) is 0 Å². The number of hydrogen-bond donors (Lipinski definition) is 2. The van der Waals surface area contributed by atoms with Crippen molar-refractivity contribution in [3.05, 3.63) is 54.2 Å². The first-order valence-corrected chi connectivity index (χ1v) is 8.87. The number of carbonyl (C=O) groups excluding carboxylic acids is 1. The molecule has 136 valence electrons. The summed E-state index contributed by atoms with van der Waals surface area (Å²) in [6.07, 6.45) is 4.29. The molecule has 1 aromatic heterocycles. The molecule has 5 heteroatoms. The van der Waals surface area contributed by atoms with Crippen molar-refractivity contribution in [3.8, 4) is 16.9 Å². The van der Waals surface area contributed by atoms with Crippen LogP contribution < -0.4 is 15.4 Å². The Bertz CT molecular complexity index is 795. The van der Waals surface area contributed by atoms with E-state index in [0.29, 0.717) is 23.8 Å². The zero-order valence-corrected chi connectivity index (χ0v) is 15.3. The van der Waals surface area contributed by atoms with Gasteiger partial charge in [-0.15, -0.1) is 0 Å². The number of nitrogens with one attached hydrogen (secondary N) is 2. The van der Waals surface area contributed by atoms with Crippen molar-refractivity contribution in [3.63, 3.8) is 0 Å². The molecule has 1 fully saturated rings. The summed E-state index contributed by atoms with van der Waals surface area (Å²) in [7, 11) is 1.64. The second-order valence-corrected chi connectivity index (χ2v) is 6.81. The van der Waals surface area contributed by atoms with Gasteiger partial charge in [0.2, 0.25) is 0 Å². The predicted octanol–water partition coefficient (Wildman–Crippen LogP) is 3.89. The molecule has 2 aromatic rings. The molecule has 0 unspecified atom stereocenters. The van der Waals surface area contributed by atoms with Gasteiger partial charge in [0.25, 0.3) is 5.91 Å². The van der Waals surface area contributed by atoms with Crippen LogP contribution in [0.3, 0.4) is 0 Å². The zero-order valence-electron chi connectivity index (χ0n) is 15.3. The number of methoxy groups -OCH3 is 1. The van der Waals surface area contributed by atoms with Crippen LogP contribution in [0, 0.1) is 5.92 Å². The minimum Gasteiger partial charge on any atom is -0.497 e. The van der Waals surface area contributed by atoms with Gasteiger partial charge in [0.05, 0.1) is 12.7 Å². The molecule has 0 bridgehead atoms. The van der Waals surface area contributed by atoms with Crippen LogP contribution in [0.25, 0.3) is 11.1 Å². The van der Waals surface area contributed by atoms with Crippen LogP contribution >= 0.6 is 0 Å². The van der Waals surface area contributed by atoms with E-state index in [0.717, 1.165) is 29.0 Å². The SMILES string of the molecule is C=C(C)CNC(=O)c1cc(-c2ccc(OC)cc2)cnc1NCC1CC1. The summed E-state index contributed by atoms with van der Waals surface area (Å²) in [6.45, 7) is 7.03. The number of ether oxygens (including phenoxy) is 1. The second-order valence-electron chi connectivity index (χ2n) is 6.81.